The molecule has 2 rings (SSSR count). The summed E-state index contributed by atoms with van der Waals surface area (Å²) in [4.78, 5) is 11.9. The lowest BCUT2D eigenvalue weighted by Crippen LogP contribution is -2.24. The van der Waals surface area contributed by atoms with Crippen molar-refractivity contribution in [1.82, 2.24) is 5.32 Å². The van der Waals surface area contributed by atoms with E-state index in [1.807, 2.05) is 12.1 Å². The monoisotopic (exact) mass is 315 g/mol. The van der Waals surface area contributed by atoms with Crippen molar-refractivity contribution in [3.05, 3.63) is 65.0 Å². The van der Waals surface area contributed by atoms with Gasteiger partial charge >= 0.3 is 0 Å². The maximum atomic E-state index is 13.2. The Bertz CT molecular complexity index is 688. The third kappa shape index (κ3) is 4.81. The van der Waals surface area contributed by atoms with Gasteiger partial charge in [-0.15, -0.1) is 0 Å². The normalized spacial score (nSPS) is 11.3. The number of amides is 1. The molecule has 0 saturated carbocycles. The molecule has 0 fully saturated rings. The Labute approximate surface area is 136 Å². The minimum Gasteiger partial charge on any atom is -0.505 e. The largest absolute Gasteiger partial charge is 0.505 e. The van der Waals surface area contributed by atoms with Crippen LogP contribution in [-0.2, 0) is 23.2 Å². The molecule has 23 heavy (non-hydrogen) atoms. The second-order valence-corrected chi connectivity index (χ2v) is 6.69. The molecule has 0 bridgehead atoms. The van der Waals surface area contributed by atoms with Crippen LogP contribution in [0.3, 0.4) is 0 Å². The van der Waals surface area contributed by atoms with Crippen LogP contribution in [0.25, 0.3) is 0 Å². The van der Waals surface area contributed by atoms with Gasteiger partial charge in [0, 0.05) is 6.54 Å². The Morgan fingerprint density at radius 2 is 1.70 bits per heavy atom. The summed E-state index contributed by atoms with van der Waals surface area (Å²) < 4.78 is 13.2. The zero-order chi connectivity index (χ0) is 17.0. The molecule has 0 aliphatic carbocycles. The number of phenolic OH excluding ortho intramolecular Hbond substituents is 1. The number of phenols is 1. The highest BCUT2D eigenvalue weighted by molar-refractivity contribution is 5.78. The van der Waals surface area contributed by atoms with Crippen molar-refractivity contribution in [2.24, 2.45) is 0 Å². The number of halogens is 1. The highest BCUT2D eigenvalue weighted by atomic mass is 19.1. The second-order valence-electron chi connectivity index (χ2n) is 6.69. The van der Waals surface area contributed by atoms with Crippen molar-refractivity contribution in [3.63, 3.8) is 0 Å². The van der Waals surface area contributed by atoms with Crippen LogP contribution in [0.4, 0.5) is 4.39 Å². The van der Waals surface area contributed by atoms with Gasteiger partial charge in [-0.25, -0.2) is 4.39 Å². The highest BCUT2D eigenvalue weighted by Crippen LogP contribution is 2.22. The lowest BCUT2D eigenvalue weighted by atomic mass is 9.87. The van der Waals surface area contributed by atoms with E-state index in [1.54, 1.807) is 0 Å². The summed E-state index contributed by atoms with van der Waals surface area (Å²) in [5, 5.41) is 11.9. The molecular weight excluding hydrogens is 293 g/mol. The van der Waals surface area contributed by atoms with Gasteiger partial charge in [-0.3, -0.25) is 4.79 Å². The van der Waals surface area contributed by atoms with E-state index in [9.17, 15) is 9.18 Å². The molecule has 0 aliphatic heterocycles. The summed E-state index contributed by atoms with van der Waals surface area (Å²) in [6, 6.07) is 12.1. The fourth-order valence-corrected chi connectivity index (χ4v) is 2.23. The lowest BCUT2D eigenvalue weighted by Gasteiger charge is -2.19. The van der Waals surface area contributed by atoms with Crippen LogP contribution in [-0.4, -0.2) is 11.0 Å². The molecule has 3 nitrogen and oxygen atoms in total. The van der Waals surface area contributed by atoms with E-state index < -0.39 is 11.6 Å². The van der Waals surface area contributed by atoms with Crippen LogP contribution in [0.5, 0.6) is 5.75 Å². The van der Waals surface area contributed by atoms with Crippen molar-refractivity contribution in [1.29, 1.82) is 0 Å². The number of rotatable bonds is 4. The van der Waals surface area contributed by atoms with Gasteiger partial charge in [0.2, 0.25) is 5.91 Å². The van der Waals surface area contributed by atoms with Crippen LogP contribution in [0.1, 0.15) is 37.5 Å². The predicted octanol–water partition coefficient (Wildman–Crippen LogP) is 3.69. The number of nitrogens with one attached hydrogen (secondary N) is 1. The zero-order valence-electron chi connectivity index (χ0n) is 13.7. The average Bonchev–Trinajstić information content (AvgIpc) is 2.48. The van der Waals surface area contributed by atoms with E-state index in [-0.39, 0.29) is 17.7 Å². The van der Waals surface area contributed by atoms with Crippen molar-refractivity contribution < 1.29 is 14.3 Å². The number of hydrogen-bond acceptors (Lipinski definition) is 2. The molecule has 0 atom stereocenters. The molecule has 0 aliphatic rings. The quantitative estimate of drug-likeness (QED) is 0.904. The van der Waals surface area contributed by atoms with E-state index in [4.69, 9.17) is 5.11 Å². The lowest BCUT2D eigenvalue weighted by molar-refractivity contribution is -0.120. The van der Waals surface area contributed by atoms with Crippen LogP contribution in [0, 0.1) is 5.82 Å². The SMILES string of the molecule is CC(C)(C)c1ccc(CNC(=O)Cc2ccc(O)c(F)c2)cc1. The van der Waals surface area contributed by atoms with Crippen LogP contribution >= 0.6 is 0 Å². The molecule has 0 spiro atoms. The van der Waals surface area contributed by atoms with E-state index in [0.717, 1.165) is 5.56 Å². The van der Waals surface area contributed by atoms with Gasteiger partial charge in [0.05, 0.1) is 6.42 Å². The second kappa shape index (κ2) is 6.82. The molecule has 1 amide bonds. The third-order valence-electron chi connectivity index (χ3n) is 3.69. The van der Waals surface area contributed by atoms with E-state index in [0.29, 0.717) is 12.1 Å². The average molecular weight is 315 g/mol. The highest BCUT2D eigenvalue weighted by Gasteiger charge is 2.13. The fourth-order valence-electron chi connectivity index (χ4n) is 2.23. The standard InChI is InChI=1S/C19H22FNO2/c1-19(2,3)15-7-4-13(5-8-15)12-21-18(23)11-14-6-9-17(22)16(20)10-14/h4-10,22H,11-12H2,1-3H3,(H,21,23). The van der Waals surface area contributed by atoms with Crippen LogP contribution < -0.4 is 5.32 Å². The number of carbonyl (C=O) groups is 1. The molecule has 122 valence electrons. The van der Waals surface area contributed by atoms with E-state index in [2.05, 4.69) is 38.2 Å². The van der Waals surface area contributed by atoms with E-state index >= 15 is 0 Å². The first-order valence-corrected chi connectivity index (χ1v) is 7.59. The molecule has 0 aromatic heterocycles. The van der Waals surface area contributed by atoms with Crippen LogP contribution in [0.2, 0.25) is 0 Å². The molecule has 2 N–H and O–H groups in total. The molecule has 2 aromatic carbocycles. The van der Waals surface area contributed by atoms with E-state index in [1.165, 1.54) is 23.8 Å². The minimum absolute atomic E-state index is 0.0806. The smallest absolute Gasteiger partial charge is 0.224 e. The summed E-state index contributed by atoms with van der Waals surface area (Å²) in [7, 11) is 0. The number of carbonyl (C=O) groups excluding carboxylic acids is 1. The molecule has 2 aromatic rings. The minimum atomic E-state index is -0.715. The van der Waals surface area contributed by atoms with Gasteiger partial charge in [-0.1, -0.05) is 51.1 Å². The first kappa shape index (κ1) is 17.0. The molecule has 0 heterocycles. The third-order valence-corrected chi connectivity index (χ3v) is 3.69. The Hall–Kier alpha value is -2.36. The van der Waals surface area contributed by atoms with Gasteiger partial charge in [-0.05, 0) is 34.2 Å². The Morgan fingerprint density at radius 3 is 2.26 bits per heavy atom. The molecule has 0 unspecified atom stereocenters. The Kier molecular flexibility index (Phi) is 5.04. The zero-order valence-corrected chi connectivity index (χ0v) is 13.7. The van der Waals surface area contributed by atoms with Gasteiger partial charge < -0.3 is 10.4 Å². The molecule has 0 radical (unpaired) electrons. The summed E-state index contributed by atoms with van der Waals surface area (Å²) in [5.74, 6) is -1.31. The maximum absolute atomic E-state index is 13.2. The maximum Gasteiger partial charge on any atom is 0.224 e. The molecular formula is C19H22FNO2. The first-order valence-electron chi connectivity index (χ1n) is 7.59. The fraction of sp³-hybridized carbons (Fsp3) is 0.316. The van der Waals surface area contributed by atoms with Crippen molar-refractivity contribution >= 4 is 5.91 Å². The van der Waals surface area contributed by atoms with Gasteiger partial charge in [0.25, 0.3) is 0 Å². The van der Waals surface area contributed by atoms with Gasteiger partial charge in [0.15, 0.2) is 11.6 Å². The number of aromatic hydroxyl groups is 1. The number of hydrogen-bond donors (Lipinski definition) is 2. The Balaban J connectivity index is 1.90. The summed E-state index contributed by atoms with van der Waals surface area (Å²) in [6.07, 6.45) is 0.0806. The molecule has 0 saturated heterocycles. The Morgan fingerprint density at radius 1 is 1.09 bits per heavy atom. The summed E-state index contributed by atoms with van der Waals surface area (Å²) in [6.45, 7) is 6.89. The topological polar surface area (TPSA) is 49.3 Å². The first-order chi connectivity index (χ1) is 10.8. The molecule has 4 heteroatoms. The number of benzene rings is 2. The van der Waals surface area contributed by atoms with Crippen molar-refractivity contribution in [2.75, 3.05) is 0 Å². The van der Waals surface area contributed by atoms with Crippen molar-refractivity contribution in [3.8, 4) is 5.75 Å². The summed E-state index contributed by atoms with van der Waals surface area (Å²) >= 11 is 0. The van der Waals surface area contributed by atoms with Crippen molar-refractivity contribution in [2.45, 2.75) is 39.2 Å². The van der Waals surface area contributed by atoms with Gasteiger partial charge in [0.1, 0.15) is 0 Å². The van der Waals surface area contributed by atoms with Gasteiger partial charge in [-0.2, -0.15) is 0 Å². The summed E-state index contributed by atoms with van der Waals surface area (Å²) in [5.41, 5.74) is 2.89. The van der Waals surface area contributed by atoms with Crippen LogP contribution in [0.15, 0.2) is 42.5 Å². The predicted molar refractivity (Wildman–Crippen MR) is 88.8 cm³/mol.